The number of anilines is 1. The van der Waals surface area contributed by atoms with E-state index in [9.17, 15) is 4.79 Å². The number of pyridine rings is 1. The Labute approximate surface area is 393 Å². The molecule has 4 aromatic heterocycles. The molecule has 0 fully saturated rings. The third-order valence-corrected chi connectivity index (χ3v) is 13.4. The minimum atomic E-state index is -0.511. The van der Waals surface area contributed by atoms with Gasteiger partial charge in [0.2, 0.25) is 0 Å². The Bertz CT molecular complexity index is 3150. The lowest BCUT2D eigenvalue weighted by atomic mass is 9.97. The number of rotatable bonds is 13. The zero-order valence-corrected chi connectivity index (χ0v) is 39.5. The van der Waals surface area contributed by atoms with Crippen LogP contribution in [0.15, 0.2) is 97.5 Å². The van der Waals surface area contributed by atoms with Gasteiger partial charge in [-0.2, -0.15) is 0 Å². The average Bonchev–Trinajstić information content (AvgIpc) is 3.83. The van der Waals surface area contributed by atoms with E-state index in [4.69, 9.17) is 37.4 Å². The average molecular weight is 922 g/mol. The van der Waals surface area contributed by atoms with E-state index in [1.165, 1.54) is 7.11 Å². The summed E-state index contributed by atoms with van der Waals surface area (Å²) in [5.74, 6) is 0.575. The summed E-state index contributed by atoms with van der Waals surface area (Å²) < 4.78 is 22.2. The number of hydrogen-bond donors (Lipinski definition) is 0. The molecule has 1 amide bonds. The van der Waals surface area contributed by atoms with Crippen molar-refractivity contribution in [3.63, 3.8) is 0 Å². The predicted octanol–water partition coefficient (Wildman–Crippen LogP) is 11.9. The monoisotopic (exact) mass is 920 g/mol. The maximum atomic E-state index is 15.9. The molecule has 0 saturated heterocycles. The zero-order valence-electron chi connectivity index (χ0n) is 38.0. The van der Waals surface area contributed by atoms with Crippen LogP contribution in [-0.4, -0.2) is 56.2 Å². The van der Waals surface area contributed by atoms with Crippen molar-refractivity contribution in [2.45, 2.75) is 73.6 Å². The molecule has 0 spiro atoms. The predicted molar refractivity (Wildman–Crippen MR) is 261 cm³/mol. The summed E-state index contributed by atoms with van der Waals surface area (Å²) in [4.78, 5) is 45.2. The van der Waals surface area contributed by atoms with Crippen LogP contribution < -0.4 is 14.4 Å². The number of benzene rings is 4. The van der Waals surface area contributed by atoms with Crippen molar-refractivity contribution >= 4 is 62.6 Å². The largest absolute Gasteiger partial charge is 0.494 e. The van der Waals surface area contributed by atoms with Crippen molar-refractivity contribution in [2.24, 2.45) is 0 Å². The maximum Gasteiger partial charge on any atom is 0.354 e. The van der Waals surface area contributed by atoms with Crippen LogP contribution in [0.4, 0.5) is 5.69 Å². The minimum Gasteiger partial charge on any atom is -0.494 e. The highest BCUT2D eigenvalue weighted by molar-refractivity contribution is 6.35. The summed E-state index contributed by atoms with van der Waals surface area (Å²) in [7, 11) is 1.37. The fraction of sp³-hybridized carbons (Fsp3) is 0.264. The molecule has 1 aliphatic rings. The molecule has 0 unspecified atom stereocenters. The Morgan fingerprint density at radius 3 is 2.26 bits per heavy atom. The summed E-state index contributed by atoms with van der Waals surface area (Å²) in [5.41, 5.74) is 11.7. The number of carbonyl (C=O) groups is 2. The van der Waals surface area contributed by atoms with Gasteiger partial charge in [-0.25, -0.2) is 14.8 Å². The second-order valence-corrected chi connectivity index (χ2v) is 17.9. The SMILES string of the molecule is COC(=O)c1cc2cc(OCc3ccccc3)cc(N3C[C@@H](C)n4c(c(CCCOc5cc(C)c(Cl)c(C)c5)c5ccc(Cl)c(-c6c(C)ncnc6C)c54)C3=O)c2n1Cc1cc(C)ccn1. The third kappa shape index (κ3) is 8.26. The fourth-order valence-electron chi connectivity index (χ4n) is 9.44. The molecule has 5 heterocycles. The van der Waals surface area contributed by atoms with E-state index in [1.54, 1.807) is 18.6 Å². The molecule has 1 atom stereocenters. The van der Waals surface area contributed by atoms with Crippen molar-refractivity contribution < 1.29 is 23.8 Å². The molecule has 0 N–H and O–H groups in total. The normalized spacial score (nSPS) is 13.7. The van der Waals surface area contributed by atoms with Crippen molar-refractivity contribution in [3.05, 3.63) is 164 Å². The van der Waals surface area contributed by atoms with Gasteiger partial charge in [0, 0.05) is 63.2 Å². The van der Waals surface area contributed by atoms with Crippen LogP contribution in [0.1, 0.15) is 85.3 Å². The van der Waals surface area contributed by atoms with E-state index >= 15 is 4.79 Å². The molecule has 66 heavy (non-hydrogen) atoms. The molecule has 4 aromatic carbocycles. The van der Waals surface area contributed by atoms with E-state index in [0.29, 0.717) is 71.4 Å². The van der Waals surface area contributed by atoms with Crippen LogP contribution in [0.5, 0.6) is 11.5 Å². The molecule has 1 aliphatic heterocycles. The van der Waals surface area contributed by atoms with E-state index in [1.807, 2.05) is 123 Å². The maximum absolute atomic E-state index is 15.9. The lowest BCUT2D eigenvalue weighted by molar-refractivity contribution is 0.0589. The molecule has 0 bridgehead atoms. The standard InChI is InChI=1S/C53H50Cl2N6O5/c1-30-17-18-56-38(20-30)27-59-45(53(63)64-7)24-37-23-40(66-28-36-12-9-8-10-13-36)25-44(49(37)59)60-26-33(4)61-50-42(15-16-43(54)47(50)46-34(5)57-29-58-35(46)6)41(51(61)52(60)62)14-11-19-65-39-21-31(2)48(55)32(3)22-39/h8-10,12-13,15-18,20-25,29,33H,11,14,19,26-28H2,1-7H3/t33-/m1/s1. The molecule has 0 aliphatic carbocycles. The van der Waals surface area contributed by atoms with Crippen molar-refractivity contribution in [2.75, 3.05) is 25.2 Å². The number of esters is 1. The van der Waals surface area contributed by atoms with Crippen LogP contribution >= 0.6 is 23.2 Å². The first-order chi connectivity index (χ1) is 31.8. The summed E-state index contributed by atoms with van der Waals surface area (Å²) in [5, 5.41) is 2.89. The van der Waals surface area contributed by atoms with Crippen LogP contribution in [0.2, 0.25) is 10.0 Å². The molecule has 8 aromatic rings. The van der Waals surface area contributed by atoms with Crippen LogP contribution in [-0.2, 0) is 24.3 Å². The van der Waals surface area contributed by atoms with Gasteiger partial charge >= 0.3 is 5.97 Å². The van der Waals surface area contributed by atoms with Gasteiger partial charge in [-0.3, -0.25) is 9.78 Å². The quantitative estimate of drug-likeness (QED) is 0.0830. The number of halogens is 2. The third-order valence-electron chi connectivity index (χ3n) is 12.5. The van der Waals surface area contributed by atoms with Crippen LogP contribution in [0.3, 0.4) is 0 Å². The molecule has 13 heteroatoms. The number of methoxy groups -OCH3 is 1. The number of amides is 1. The summed E-state index contributed by atoms with van der Waals surface area (Å²) in [6, 6.07) is 27.0. The number of hydrogen-bond acceptors (Lipinski definition) is 8. The second-order valence-electron chi connectivity index (χ2n) is 17.1. The number of carbonyl (C=O) groups excluding carboxylic acids is 2. The van der Waals surface area contributed by atoms with Gasteiger partial charge in [-0.05, 0) is 125 Å². The van der Waals surface area contributed by atoms with E-state index in [0.717, 1.165) is 77.7 Å². The Kier molecular flexibility index (Phi) is 12.3. The smallest absolute Gasteiger partial charge is 0.354 e. The topological polar surface area (TPSA) is 114 Å². The molecular formula is C53H50Cl2N6O5. The highest BCUT2D eigenvalue weighted by Crippen LogP contribution is 2.46. The minimum absolute atomic E-state index is 0.202. The molecule has 11 nitrogen and oxygen atoms in total. The number of aromatic nitrogens is 5. The number of aryl methyl sites for hydroxylation is 6. The lowest BCUT2D eigenvalue weighted by Crippen LogP contribution is -2.43. The highest BCUT2D eigenvalue weighted by atomic mass is 35.5. The van der Waals surface area contributed by atoms with Gasteiger partial charge in [0.15, 0.2) is 0 Å². The molecule has 0 radical (unpaired) electrons. The fourth-order valence-corrected chi connectivity index (χ4v) is 9.79. The first-order valence-electron chi connectivity index (χ1n) is 22.0. The van der Waals surface area contributed by atoms with Crippen LogP contribution in [0.25, 0.3) is 32.9 Å². The summed E-state index contributed by atoms with van der Waals surface area (Å²) >= 11 is 13.7. The van der Waals surface area contributed by atoms with Gasteiger partial charge in [-0.1, -0.05) is 59.6 Å². The Morgan fingerprint density at radius 1 is 0.818 bits per heavy atom. The highest BCUT2D eigenvalue weighted by Gasteiger charge is 2.38. The van der Waals surface area contributed by atoms with E-state index < -0.39 is 5.97 Å². The number of ether oxygens (including phenoxy) is 3. The second kappa shape index (κ2) is 18.3. The number of nitrogens with zero attached hydrogens (tertiary/aromatic N) is 6. The molecule has 9 rings (SSSR count). The zero-order chi connectivity index (χ0) is 46.4. The lowest BCUT2D eigenvalue weighted by Gasteiger charge is -2.35. The van der Waals surface area contributed by atoms with Gasteiger partial charge in [0.25, 0.3) is 5.91 Å². The van der Waals surface area contributed by atoms with E-state index in [2.05, 4.69) is 26.4 Å². The van der Waals surface area contributed by atoms with E-state index in [-0.39, 0.29) is 18.5 Å². The van der Waals surface area contributed by atoms with Gasteiger partial charge < -0.3 is 28.2 Å². The first kappa shape index (κ1) is 44.5. The Balaban J connectivity index is 1.23. The Hall–Kier alpha value is -6.69. The van der Waals surface area contributed by atoms with Crippen LogP contribution in [0, 0.1) is 34.6 Å². The first-order valence-corrected chi connectivity index (χ1v) is 22.8. The Morgan fingerprint density at radius 2 is 1.55 bits per heavy atom. The van der Waals surface area contributed by atoms with Gasteiger partial charge in [-0.15, -0.1) is 0 Å². The summed E-state index contributed by atoms with van der Waals surface area (Å²) in [6.45, 7) is 13.2. The molecule has 0 saturated carbocycles. The van der Waals surface area contributed by atoms with Crippen molar-refractivity contribution in [1.29, 1.82) is 0 Å². The van der Waals surface area contributed by atoms with Gasteiger partial charge in [0.1, 0.15) is 35.8 Å². The van der Waals surface area contributed by atoms with Crippen molar-refractivity contribution in [1.82, 2.24) is 24.1 Å². The molecule has 336 valence electrons. The van der Waals surface area contributed by atoms with Gasteiger partial charge in [0.05, 0.1) is 47.7 Å². The summed E-state index contributed by atoms with van der Waals surface area (Å²) in [6.07, 6.45) is 4.46. The number of fused-ring (bicyclic) bond motifs is 4. The molecular weight excluding hydrogens is 872 g/mol. The van der Waals surface area contributed by atoms with Crippen molar-refractivity contribution in [3.8, 4) is 22.6 Å².